The van der Waals surface area contributed by atoms with Gasteiger partial charge < -0.3 is 15.1 Å². The number of piperazine rings is 1. The van der Waals surface area contributed by atoms with E-state index in [1.165, 1.54) is 6.07 Å². The van der Waals surface area contributed by atoms with Gasteiger partial charge in [-0.05, 0) is 36.4 Å². The molecule has 0 spiro atoms. The van der Waals surface area contributed by atoms with Crippen LogP contribution in [0.25, 0.3) is 5.69 Å². The van der Waals surface area contributed by atoms with Gasteiger partial charge in [0.25, 0.3) is 0 Å². The van der Waals surface area contributed by atoms with Crippen LogP contribution in [-0.4, -0.2) is 51.9 Å². The predicted molar refractivity (Wildman–Crippen MR) is 119 cm³/mol. The fourth-order valence-electron chi connectivity index (χ4n) is 3.53. The highest BCUT2D eigenvalue weighted by molar-refractivity contribution is 6.33. The SMILES string of the molecule is O=C(NCc1cc(C(F)(F)F)nn1-c1cccc(Cl)c1)N1CCN(c2ncccc2Cl)CC1. The van der Waals surface area contributed by atoms with Crippen molar-refractivity contribution >= 4 is 35.1 Å². The maximum Gasteiger partial charge on any atom is 0.435 e. The van der Waals surface area contributed by atoms with E-state index in [4.69, 9.17) is 23.2 Å². The van der Waals surface area contributed by atoms with Crippen LogP contribution in [0, 0.1) is 0 Å². The van der Waals surface area contributed by atoms with Crippen LogP contribution in [0.2, 0.25) is 10.0 Å². The molecule has 12 heteroatoms. The van der Waals surface area contributed by atoms with Crippen LogP contribution >= 0.6 is 23.2 Å². The van der Waals surface area contributed by atoms with E-state index in [1.54, 1.807) is 41.4 Å². The summed E-state index contributed by atoms with van der Waals surface area (Å²) in [6.07, 6.45) is -2.97. The summed E-state index contributed by atoms with van der Waals surface area (Å²) in [5.41, 5.74) is -0.507. The summed E-state index contributed by atoms with van der Waals surface area (Å²) < 4.78 is 40.9. The lowest BCUT2D eigenvalue weighted by Crippen LogP contribution is -2.52. The van der Waals surface area contributed by atoms with E-state index in [9.17, 15) is 18.0 Å². The van der Waals surface area contributed by atoms with Crippen LogP contribution in [0.5, 0.6) is 0 Å². The number of carbonyl (C=O) groups excluding carboxylic acids is 1. The van der Waals surface area contributed by atoms with E-state index in [-0.39, 0.29) is 18.3 Å². The second kappa shape index (κ2) is 9.48. The first-order valence-electron chi connectivity index (χ1n) is 10.0. The minimum Gasteiger partial charge on any atom is -0.352 e. The molecule has 0 aliphatic carbocycles. The number of urea groups is 1. The smallest absolute Gasteiger partial charge is 0.352 e. The minimum atomic E-state index is -4.62. The molecule has 1 aromatic carbocycles. The number of hydrogen-bond donors (Lipinski definition) is 1. The van der Waals surface area contributed by atoms with E-state index < -0.39 is 11.9 Å². The molecule has 174 valence electrons. The number of halogens is 5. The zero-order chi connectivity index (χ0) is 23.6. The monoisotopic (exact) mass is 498 g/mol. The van der Waals surface area contributed by atoms with Crippen molar-refractivity contribution in [1.82, 2.24) is 25.0 Å². The van der Waals surface area contributed by atoms with Crippen molar-refractivity contribution in [2.24, 2.45) is 0 Å². The number of carbonyl (C=O) groups is 1. The van der Waals surface area contributed by atoms with Crippen molar-refractivity contribution in [3.05, 3.63) is 70.1 Å². The average molecular weight is 499 g/mol. The highest BCUT2D eigenvalue weighted by Gasteiger charge is 2.35. The normalized spacial score (nSPS) is 14.5. The summed E-state index contributed by atoms with van der Waals surface area (Å²) in [7, 11) is 0. The number of nitrogens with zero attached hydrogens (tertiary/aromatic N) is 5. The van der Waals surface area contributed by atoms with Gasteiger partial charge in [0, 0.05) is 37.4 Å². The largest absolute Gasteiger partial charge is 0.435 e. The van der Waals surface area contributed by atoms with Crippen LogP contribution in [0.3, 0.4) is 0 Å². The molecule has 0 saturated carbocycles. The number of benzene rings is 1. The number of nitrogens with one attached hydrogen (secondary N) is 1. The standard InChI is InChI=1S/C21H19Cl2F3N6O/c22-14-3-1-4-15(11-14)32-16(12-18(29-32)21(24,25)26)13-28-20(33)31-9-7-30(8-10-31)19-17(23)5-2-6-27-19/h1-6,11-12H,7-10,13H2,(H,28,33). The molecule has 1 saturated heterocycles. The second-order valence-electron chi connectivity index (χ2n) is 7.35. The Morgan fingerprint density at radius 3 is 2.48 bits per heavy atom. The lowest BCUT2D eigenvalue weighted by atomic mass is 10.3. The summed E-state index contributed by atoms with van der Waals surface area (Å²) >= 11 is 12.2. The Morgan fingerprint density at radius 2 is 1.82 bits per heavy atom. The van der Waals surface area contributed by atoms with E-state index in [0.717, 1.165) is 10.7 Å². The summed E-state index contributed by atoms with van der Waals surface area (Å²) in [6, 6.07) is 10.3. The van der Waals surface area contributed by atoms with Crippen LogP contribution in [0.1, 0.15) is 11.4 Å². The second-order valence-corrected chi connectivity index (χ2v) is 8.20. The van der Waals surface area contributed by atoms with Crippen molar-refractivity contribution in [2.45, 2.75) is 12.7 Å². The van der Waals surface area contributed by atoms with Crippen molar-refractivity contribution in [2.75, 3.05) is 31.1 Å². The molecule has 2 aromatic heterocycles. The molecule has 0 radical (unpaired) electrons. The fourth-order valence-corrected chi connectivity index (χ4v) is 3.95. The molecule has 0 bridgehead atoms. The lowest BCUT2D eigenvalue weighted by molar-refractivity contribution is -0.141. The zero-order valence-corrected chi connectivity index (χ0v) is 18.7. The van der Waals surface area contributed by atoms with Gasteiger partial charge in [0.15, 0.2) is 5.69 Å². The average Bonchev–Trinajstić information content (AvgIpc) is 3.23. The van der Waals surface area contributed by atoms with Gasteiger partial charge in [-0.1, -0.05) is 29.3 Å². The summed E-state index contributed by atoms with van der Waals surface area (Å²) in [5.74, 6) is 0.657. The highest BCUT2D eigenvalue weighted by Crippen LogP contribution is 2.30. The molecule has 1 fully saturated rings. The van der Waals surface area contributed by atoms with E-state index in [0.29, 0.717) is 47.7 Å². The van der Waals surface area contributed by atoms with Gasteiger partial charge in [-0.15, -0.1) is 0 Å². The molecule has 4 rings (SSSR count). The zero-order valence-electron chi connectivity index (χ0n) is 17.2. The summed E-state index contributed by atoms with van der Waals surface area (Å²) in [6.45, 7) is 1.76. The third kappa shape index (κ3) is 5.33. The molecular formula is C21H19Cl2F3N6O. The van der Waals surface area contributed by atoms with Crippen LogP contribution in [0.4, 0.5) is 23.8 Å². The van der Waals surface area contributed by atoms with Gasteiger partial charge in [0.2, 0.25) is 0 Å². The van der Waals surface area contributed by atoms with Gasteiger partial charge in [-0.2, -0.15) is 18.3 Å². The van der Waals surface area contributed by atoms with Gasteiger partial charge in [0.1, 0.15) is 5.82 Å². The molecule has 0 unspecified atom stereocenters. The summed E-state index contributed by atoms with van der Waals surface area (Å²) in [4.78, 5) is 20.5. The minimum absolute atomic E-state index is 0.138. The van der Waals surface area contributed by atoms with Crippen LogP contribution < -0.4 is 10.2 Å². The third-order valence-electron chi connectivity index (χ3n) is 5.15. The Labute approximate surface area is 197 Å². The molecule has 0 atom stereocenters. The van der Waals surface area contributed by atoms with Crippen molar-refractivity contribution in [3.8, 4) is 5.69 Å². The Morgan fingerprint density at radius 1 is 1.06 bits per heavy atom. The molecule has 1 aliphatic heterocycles. The first-order valence-corrected chi connectivity index (χ1v) is 10.8. The highest BCUT2D eigenvalue weighted by atomic mass is 35.5. The Bertz CT molecular complexity index is 1150. The van der Waals surface area contributed by atoms with Crippen molar-refractivity contribution in [3.63, 3.8) is 0 Å². The summed E-state index contributed by atoms with van der Waals surface area (Å²) in [5, 5.41) is 7.26. The van der Waals surface area contributed by atoms with E-state index >= 15 is 0 Å². The Kier molecular flexibility index (Phi) is 6.66. The topological polar surface area (TPSA) is 66.3 Å². The Hall–Kier alpha value is -2.98. The Balaban J connectivity index is 1.43. The maximum atomic E-state index is 13.3. The van der Waals surface area contributed by atoms with Gasteiger partial charge in [-0.25, -0.2) is 14.5 Å². The van der Waals surface area contributed by atoms with Crippen molar-refractivity contribution < 1.29 is 18.0 Å². The molecule has 3 aromatic rings. The first-order chi connectivity index (χ1) is 15.7. The number of aromatic nitrogens is 3. The molecular weight excluding hydrogens is 480 g/mol. The lowest BCUT2D eigenvalue weighted by Gasteiger charge is -2.35. The fraction of sp³-hybridized carbons (Fsp3) is 0.286. The number of alkyl halides is 3. The van der Waals surface area contributed by atoms with E-state index in [2.05, 4.69) is 15.4 Å². The molecule has 1 aliphatic rings. The number of rotatable bonds is 4. The van der Waals surface area contributed by atoms with Gasteiger partial charge in [0.05, 0.1) is 22.9 Å². The number of amides is 2. The van der Waals surface area contributed by atoms with Gasteiger partial charge in [-0.3, -0.25) is 0 Å². The van der Waals surface area contributed by atoms with Crippen LogP contribution in [0.15, 0.2) is 48.7 Å². The van der Waals surface area contributed by atoms with Crippen molar-refractivity contribution in [1.29, 1.82) is 0 Å². The number of pyridine rings is 1. The number of anilines is 1. The predicted octanol–water partition coefficient (Wildman–Crippen LogP) is 4.62. The molecule has 2 amide bonds. The van der Waals surface area contributed by atoms with Crippen LogP contribution in [-0.2, 0) is 12.7 Å². The molecule has 33 heavy (non-hydrogen) atoms. The quantitative estimate of drug-likeness (QED) is 0.569. The molecule has 1 N–H and O–H groups in total. The van der Waals surface area contributed by atoms with E-state index in [1.807, 2.05) is 4.90 Å². The third-order valence-corrected chi connectivity index (χ3v) is 5.68. The molecule has 3 heterocycles. The first kappa shape index (κ1) is 23.2. The number of hydrogen-bond acceptors (Lipinski definition) is 4. The molecule has 7 nitrogen and oxygen atoms in total. The van der Waals surface area contributed by atoms with Gasteiger partial charge >= 0.3 is 12.2 Å². The maximum absolute atomic E-state index is 13.3.